The highest BCUT2D eigenvalue weighted by Crippen LogP contribution is 2.46. The second kappa shape index (κ2) is 11.5. The fraction of sp³-hybridized carbons (Fsp3) is 0. The smallest absolute Gasteiger partial charge is 0.0633 e. The molecular weight excluding hydrogens is 581 g/mol. The molecule has 0 bridgehead atoms. The Bertz CT molecular complexity index is 2580. The van der Waals surface area contributed by atoms with Crippen LogP contribution in [0.3, 0.4) is 0 Å². The lowest BCUT2D eigenvalue weighted by molar-refractivity contribution is 1.61. The topological polar surface area (TPSA) is 0 Å². The Kier molecular flexibility index (Phi) is 6.77. The molecule has 0 unspecified atom stereocenters. The lowest BCUT2D eigenvalue weighted by Gasteiger charge is -2.20. The standard InChI is InChI=1S/C46H32Si/c1-3-14-31(15-4-1)32-17-13-18-34(28-32)45-40-24-11-12-25-41(40)46(44-30-36(26-27-42(44)45)47-35-19-5-2-6-20-35)43-29-33-16-7-8-21-37(33)38-22-9-10-23-39(38)43/h1-30H,47H2. The first kappa shape index (κ1) is 27.5. The zero-order chi connectivity index (χ0) is 31.2. The fourth-order valence-corrected chi connectivity index (χ4v) is 9.04. The quantitative estimate of drug-likeness (QED) is 0.103. The van der Waals surface area contributed by atoms with Crippen molar-refractivity contribution in [2.75, 3.05) is 0 Å². The van der Waals surface area contributed by atoms with Crippen LogP contribution in [0.1, 0.15) is 0 Å². The SMILES string of the molecule is c1ccc([SiH2]c2ccc3c(-c4cccc(-c5ccccc5)c4)c4ccccc4c(-c4cc5ccccc5c5ccccc45)c3c2)cc1. The Balaban J connectivity index is 1.40. The van der Waals surface area contributed by atoms with Gasteiger partial charge in [-0.3, -0.25) is 0 Å². The summed E-state index contributed by atoms with van der Waals surface area (Å²) < 4.78 is 0. The second-order valence-electron chi connectivity index (χ2n) is 12.5. The van der Waals surface area contributed by atoms with Crippen molar-refractivity contribution in [1.82, 2.24) is 0 Å². The molecule has 0 aliphatic rings. The van der Waals surface area contributed by atoms with E-state index in [1.807, 2.05) is 0 Å². The molecule has 0 aromatic heterocycles. The van der Waals surface area contributed by atoms with Crippen molar-refractivity contribution < 1.29 is 0 Å². The van der Waals surface area contributed by atoms with E-state index in [2.05, 4.69) is 182 Å². The third-order valence-corrected chi connectivity index (χ3v) is 11.4. The molecule has 0 fully saturated rings. The van der Waals surface area contributed by atoms with Crippen LogP contribution in [0, 0.1) is 0 Å². The highest BCUT2D eigenvalue weighted by Gasteiger charge is 2.20. The van der Waals surface area contributed by atoms with E-state index in [1.165, 1.54) is 86.8 Å². The van der Waals surface area contributed by atoms with Gasteiger partial charge in [-0.1, -0.05) is 180 Å². The van der Waals surface area contributed by atoms with Crippen LogP contribution in [0.4, 0.5) is 0 Å². The van der Waals surface area contributed by atoms with Crippen molar-refractivity contribution in [2.24, 2.45) is 0 Å². The van der Waals surface area contributed by atoms with Gasteiger partial charge < -0.3 is 0 Å². The summed E-state index contributed by atoms with van der Waals surface area (Å²) in [7, 11) is -0.661. The monoisotopic (exact) mass is 612 g/mol. The summed E-state index contributed by atoms with van der Waals surface area (Å²) in [5.74, 6) is 0. The minimum atomic E-state index is -0.661. The van der Waals surface area contributed by atoms with Crippen LogP contribution in [-0.2, 0) is 0 Å². The maximum Gasteiger partial charge on any atom is 0.0875 e. The summed E-state index contributed by atoms with van der Waals surface area (Å²) in [5.41, 5.74) is 7.63. The third-order valence-electron chi connectivity index (χ3n) is 9.64. The Morgan fingerprint density at radius 2 is 0.851 bits per heavy atom. The van der Waals surface area contributed by atoms with E-state index in [9.17, 15) is 0 Å². The second-order valence-corrected chi connectivity index (χ2v) is 14.5. The van der Waals surface area contributed by atoms with Gasteiger partial charge in [0.1, 0.15) is 0 Å². The lowest BCUT2D eigenvalue weighted by atomic mass is 9.83. The summed E-state index contributed by atoms with van der Waals surface area (Å²) in [4.78, 5) is 0. The molecule has 0 saturated heterocycles. The molecule has 0 radical (unpaired) electrons. The van der Waals surface area contributed by atoms with Gasteiger partial charge in [0.2, 0.25) is 0 Å². The van der Waals surface area contributed by atoms with Crippen molar-refractivity contribution in [1.29, 1.82) is 0 Å². The first-order valence-electron chi connectivity index (χ1n) is 16.4. The van der Waals surface area contributed by atoms with Crippen molar-refractivity contribution in [2.45, 2.75) is 0 Å². The maximum absolute atomic E-state index is 2.52. The van der Waals surface area contributed by atoms with E-state index >= 15 is 0 Å². The Hall–Kier alpha value is -5.76. The first-order chi connectivity index (χ1) is 23.3. The van der Waals surface area contributed by atoms with Crippen LogP contribution in [0.2, 0.25) is 0 Å². The molecule has 0 aliphatic heterocycles. The Morgan fingerprint density at radius 1 is 0.277 bits per heavy atom. The molecule has 9 aromatic rings. The summed E-state index contributed by atoms with van der Waals surface area (Å²) >= 11 is 0. The van der Waals surface area contributed by atoms with Crippen molar-refractivity contribution in [3.63, 3.8) is 0 Å². The van der Waals surface area contributed by atoms with Crippen LogP contribution in [0.5, 0.6) is 0 Å². The summed E-state index contributed by atoms with van der Waals surface area (Å²) in [5, 5.41) is 13.3. The summed E-state index contributed by atoms with van der Waals surface area (Å²) in [6, 6.07) is 67.4. The highest BCUT2D eigenvalue weighted by molar-refractivity contribution is 6.67. The van der Waals surface area contributed by atoms with Crippen LogP contribution in [0.15, 0.2) is 182 Å². The van der Waals surface area contributed by atoms with Crippen molar-refractivity contribution in [3.8, 4) is 33.4 Å². The van der Waals surface area contributed by atoms with E-state index in [4.69, 9.17) is 0 Å². The normalized spacial score (nSPS) is 11.7. The van der Waals surface area contributed by atoms with Gasteiger partial charge in [-0.15, -0.1) is 0 Å². The van der Waals surface area contributed by atoms with Gasteiger partial charge in [-0.05, 0) is 88.6 Å². The molecular formula is C46H32Si. The average molecular weight is 613 g/mol. The number of benzene rings is 9. The minimum Gasteiger partial charge on any atom is -0.0633 e. The number of hydrogen-bond donors (Lipinski definition) is 0. The van der Waals surface area contributed by atoms with Crippen molar-refractivity contribution in [3.05, 3.63) is 182 Å². The highest BCUT2D eigenvalue weighted by atomic mass is 28.2. The zero-order valence-electron chi connectivity index (χ0n) is 26.0. The van der Waals surface area contributed by atoms with Crippen LogP contribution < -0.4 is 10.4 Å². The molecule has 9 aromatic carbocycles. The van der Waals surface area contributed by atoms with Gasteiger partial charge in [-0.25, -0.2) is 0 Å². The molecule has 220 valence electrons. The molecule has 47 heavy (non-hydrogen) atoms. The molecule has 0 nitrogen and oxygen atoms in total. The lowest BCUT2D eigenvalue weighted by Crippen LogP contribution is -2.26. The minimum absolute atomic E-state index is 0.661. The number of rotatable bonds is 5. The molecule has 1 heteroatoms. The van der Waals surface area contributed by atoms with E-state index in [-0.39, 0.29) is 0 Å². The van der Waals surface area contributed by atoms with Crippen LogP contribution in [0.25, 0.3) is 76.5 Å². The van der Waals surface area contributed by atoms with Gasteiger partial charge in [0.05, 0.1) is 9.52 Å². The predicted octanol–water partition coefficient (Wildman–Crippen LogP) is 10.4. The summed E-state index contributed by atoms with van der Waals surface area (Å²) in [6.07, 6.45) is 0. The van der Waals surface area contributed by atoms with Gasteiger partial charge in [0.15, 0.2) is 0 Å². The third kappa shape index (κ3) is 4.84. The molecule has 0 atom stereocenters. The molecule has 0 saturated carbocycles. The Labute approximate surface area is 277 Å². The average Bonchev–Trinajstić information content (AvgIpc) is 3.14. The molecule has 0 heterocycles. The molecule has 9 rings (SSSR count). The largest absolute Gasteiger partial charge is 0.0875 e. The number of hydrogen-bond acceptors (Lipinski definition) is 0. The molecule has 0 spiro atoms. The predicted molar refractivity (Wildman–Crippen MR) is 207 cm³/mol. The number of fused-ring (bicyclic) bond motifs is 5. The molecule has 0 N–H and O–H groups in total. The van der Waals surface area contributed by atoms with E-state index in [0.29, 0.717) is 0 Å². The maximum atomic E-state index is 2.52. The van der Waals surface area contributed by atoms with Gasteiger partial charge in [-0.2, -0.15) is 0 Å². The van der Waals surface area contributed by atoms with Gasteiger partial charge >= 0.3 is 0 Å². The van der Waals surface area contributed by atoms with Crippen LogP contribution in [-0.4, -0.2) is 9.52 Å². The van der Waals surface area contributed by atoms with Crippen LogP contribution >= 0.6 is 0 Å². The van der Waals surface area contributed by atoms with E-state index in [0.717, 1.165) is 0 Å². The van der Waals surface area contributed by atoms with Gasteiger partial charge in [0.25, 0.3) is 0 Å². The zero-order valence-corrected chi connectivity index (χ0v) is 27.4. The molecule has 0 aliphatic carbocycles. The van der Waals surface area contributed by atoms with Gasteiger partial charge in [0, 0.05) is 0 Å². The van der Waals surface area contributed by atoms with E-state index in [1.54, 1.807) is 0 Å². The first-order valence-corrected chi connectivity index (χ1v) is 17.8. The molecule has 0 amide bonds. The van der Waals surface area contributed by atoms with E-state index < -0.39 is 9.52 Å². The van der Waals surface area contributed by atoms with Crippen molar-refractivity contribution >= 4 is 63.0 Å². The fourth-order valence-electron chi connectivity index (χ4n) is 7.51. The summed E-state index contributed by atoms with van der Waals surface area (Å²) in [6.45, 7) is 0. The Morgan fingerprint density at radius 3 is 1.64 bits per heavy atom.